The molecule has 1 aliphatic heterocycles. The van der Waals surface area contributed by atoms with Crippen molar-refractivity contribution in [3.8, 4) is 0 Å². The van der Waals surface area contributed by atoms with Gasteiger partial charge in [0.1, 0.15) is 12.1 Å². The average Bonchev–Trinajstić information content (AvgIpc) is 1.97. The Morgan fingerprint density at radius 1 is 1.50 bits per heavy atom. The van der Waals surface area contributed by atoms with Gasteiger partial charge in [-0.15, -0.1) is 0 Å². The summed E-state index contributed by atoms with van der Waals surface area (Å²) in [5.74, 6) is 0.925. The van der Waals surface area contributed by atoms with E-state index in [1.807, 2.05) is 13.0 Å². The summed E-state index contributed by atoms with van der Waals surface area (Å²) in [7, 11) is 0. The van der Waals surface area contributed by atoms with Crippen molar-refractivity contribution in [3.63, 3.8) is 0 Å². The molecule has 0 radical (unpaired) electrons. The first kappa shape index (κ1) is 7.49. The number of anilines is 1. The third kappa shape index (κ3) is 1.53. The lowest BCUT2D eigenvalue weighted by Crippen LogP contribution is -2.51. The van der Waals surface area contributed by atoms with Crippen LogP contribution < -0.4 is 10.6 Å². The second-order valence-electron chi connectivity index (χ2n) is 3.04. The van der Waals surface area contributed by atoms with E-state index in [-0.39, 0.29) is 0 Å². The van der Waals surface area contributed by atoms with Crippen LogP contribution in [-0.2, 0) is 0 Å². The SMILES string of the molecule is Cc1cc(NC2CNC2)ncn1. The number of nitrogens with zero attached hydrogens (tertiary/aromatic N) is 2. The van der Waals surface area contributed by atoms with Gasteiger partial charge in [-0.2, -0.15) is 0 Å². The van der Waals surface area contributed by atoms with E-state index in [9.17, 15) is 0 Å². The van der Waals surface area contributed by atoms with Crippen LogP contribution in [0.2, 0.25) is 0 Å². The van der Waals surface area contributed by atoms with Gasteiger partial charge in [-0.05, 0) is 6.92 Å². The molecule has 1 aromatic heterocycles. The Bertz CT molecular complexity index is 270. The third-order valence-corrected chi connectivity index (χ3v) is 1.94. The van der Waals surface area contributed by atoms with Crippen LogP contribution in [0.15, 0.2) is 12.4 Å². The zero-order chi connectivity index (χ0) is 8.39. The number of nitrogens with one attached hydrogen (secondary N) is 2. The van der Waals surface area contributed by atoms with Gasteiger partial charge in [0.25, 0.3) is 0 Å². The highest BCUT2D eigenvalue weighted by molar-refractivity contribution is 5.36. The fraction of sp³-hybridized carbons (Fsp3) is 0.500. The highest BCUT2D eigenvalue weighted by atomic mass is 15.1. The lowest BCUT2D eigenvalue weighted by Gasteiger charge is -2.28. The minimum Gasteiger partial charge on any atom is -0.365 e. The zero-order valence-corrected chi connectivity index (χ0v) is 7.04. The molecule has 2 heterocycles. The lowest BCUT2D eigenvalue weighted by atomic mass is 10.2. The van der Waals surface area contributed by atoms with Gasteiger partial charge in [-0.25, -0.2) is 9.97 Å². The molecule has 1 aromatic rings. The van der Waals surface area contributed by atoms with Crippen LogP contribution in [0.3, 0.4) is 0 Å². The first-order valence-corrected chi connectivity index (χ1v) is 4.10. The molecule has 0 amide bonds. The highest BCUT2D eigenvalue weighted by Gasteiger charge is 2.16. The maximum Gasteiger partial charge on any atom is 0.129 e. The van der Waals surface area contributed by atoms with Gasteiger partial charge in [0.15, 0.2) is 0 Å². The van der Waals surface area contributed by atoms with Gasteiger partial charge in [0, 0.05) is 24.8 Å². The normalized spacial score (nSPS) is 17.1. The molecule has 0 unspecified atom stereocenters. The summed E-state index contributed by atoms with van der Waals surface area (Å²) in [6.45, 7) is 4.03. The van der Waals surface area contributed by atoms with Gasteiger partial charge >= 0.3 is 0 Å². The minimum atomic E-state index is 0.541. The Hall–Kier alpha value is -1.16. The standard InChI is InChI=1S/C8H12N4/c1-6-2-8(11-5-10-6)12-7-3-9-4-7/h2,5,7,9H,3-4H2,1H3,(H,10,11,12). The van der Waals surface area contributed by atoms with Gasteiger partial charge in [0.2, 0.25) is 0 Å². The van der Waals surface area contributed by atoms with Crippen LogP contribution in [0.5, 0.6) is 0 Å². The Kier molecular flexibility index (Phi) is 1.91. The number of hydrogen-bond acceptors (Lipinski definition) is 4. The minimum absolute atomic E-state index is 0.541. The Labute approximate surface area is 71.4 Å². The van der Waals surface area contributed by atoms with Crippen molar-refractivity contribution in [1.29, 1.82) is 0 Å². The molecule has 1 fully saturated rings. The fourth-order valence-electron chi connectivity index (χ4n) is 1.13. The first-order valence-electron chi connectivity index (χ1n) is 4.10. The maximum absolute atomic E-state index is 4.11. The number of aromatic nitrogens is 2. The van der Waals surface area contributed by atoms with Crippen molar-refractivity contribution >= 4 is 5.82 Å². The van der Waals surface area contributed by atoms with Crippen LogP contribution in [0.1, 0.15) is 5.69 Å². The topological polar surface area (TPSA) is 49.8 Å². The Morgan fingerprint density at radius 2 is 2.33 bits per heavy atom. The van der Waals surface area contributed by atoms with E-state index in [0.29, 0.717) is 6.04 Å². The van der Waals surface area contributed by atoms with Gasteiger partial charge in [0.05, 0.1) is 6.04 Å². The largest absolute Gasteiger partial charge is 0.365 e. The van der Waals surface area contributed by atoms with Crippen LogP contribution in [-0.4, -0.2) is 29.1 Å². The van der Waals surface area contributed by atoms with Crippen LogP contribution in [0, 0.1) is 6.92 Å². The zero-order valence-electron chi connectivity index (χ0n) is 7.04. The smallest absolute Gasteiger partial charge is 0.129 e. The number of hydrogen-bond donors (Lipinski definition) is 2. The Morgan fingerprint density at radius 3 is 2.92 bits per heavy atom. The number of rotatable bonds is 2. The van der Waals surface area contributed by atoms with Crippen molar-refractivity contribution in [3.05, 3.63) is 18.1 Å². The molecule has 2 rings (SSSR count). The van der Waals surface area contributed by atoms with E-state index in [2.05, 4.69) is 20.6 Å². The monoisotopic (exact) mass is 164 g/mol. The summed E-state index contributed by atoms with van der Waals surface area (Å²) in [6, 6.07) is 2.50. The second kappa shape index (κ2) is 3.06. The lowest BCUT2D eigenvalue weighted by molar-refractivity contribution is 0.471. The highest BCUT2D eigenvalue weighted by Crippen LogP contribution is 2.06. The molecule has 2 N–H and O–H groups in total. The van der Waals surface area contributed by atoms with Crippen molar-refractivity contribution in [2.24, 2.45) is 0 Å². The quantitative estimate of drug-likeness (QED) is 0.654. The van der Waals surface area contributed by atoms with Crippen molar-refractivity contribution in [2.45, 2.75) is 13.0 Å². The van der Waals surface area contributed by atoms with Gasteiger partial charge < -0.3 is 10.6 Å². The summed E-state index contributed by atoms with van der Waals surface area (Å²) >= 11 is 0. The summed E-state index contributed by atoms with van der Waals surface area (Å²) in [4.78, 5) is 8.14. The molecule has 0 aliphatic carbocycles. The molecule has 12 heavy (non-hydrogen) atoms. The summed E-state index contributed by atoms with van der Waals surface area (Å²) in [6.07, 6.45) is 1.59. The van der Waals surface area contributed by atoms with E-state index in [4.69, 9.17) is 0 Å². The van der Waals surface area contributed by atoms with Crippen LogP contribution in [0.4, 0.5) is 5.82 Å². The maximum atomic E-state index is 4.11. The van der Waals surface area contributed by atoms with E-state index in [0.717, 1.165) is 24.6 Å². The molecule has 0 saturated carbocycles. The van der Waals surface area contributed by atoms with E-state index in [1.54, 1.807) is 6.33 Å². The first-order chi connectivity index (χ1) is 5.84. The molecule has 4 heteroatoms. The molecule has 1 aliphatic rings. The molecule has 64 valence electrons. The van der Waals surface area contributed by atoms with Gasteiger partial charge in [-0.1, -0.05) is 0 Å². The summed E-state index contributed by atoms with van der Waals surface area (Å²) in [5, 5.41) is 6.50. The molecule has 1 saturated heterocycles. The molecule has 0 spiro atoms. The third-order valence-electron chi connectivity index (χ3n) is 1.94. The van der Waals surface area contributed by atoms with Crippen molar-refractivity contribution < 1.29 is 0 Å². The average molecular weight is 164 g/mol. The van der Waals surface area contributed by atoms with E-state index >= 15 is 0 Å². The van der Waals surface area contributed by atoms with Crippen molar-refractivity contribution in [1.82, 2.24) is 15.3 Å². The predicted octanol–water partition coefficient (Wildman–Crippen LogP) is 0.169. The van der Waals surface area contributed by atoms with Crippen LogP contribution >= 0.6 is 0 Å². The molecule has 0 atom stereocenters. The molecule has 0 bridgehead atoms. The molecular weight excluding hydrogens is 152 g/mol. The van der Waals surface area contributed by atoms with Crippen molar-refractivity contribution in [2.75, 3.05) is 18.4 Å². The predicted molar refractivity (Wildman–Crippen MR) is 47.0 cm³/mol. The summed E-state index contributed by atoms with van der Waals surface area (Å²) < 4.78 is 0. The van der Waals surface area contributed by atoms with Crippen LogP contribution in [0.25, 0.3) is 0 Å². The molecular formula is C8H12N4. The fourth-order valence-corrected chi connectivity index (χ4v) is 1.13. The van der Waals surface area contributed by atoms with E-state index in [1.165, 1.54) is 0 Å². The number of aryl methyl sites for hydroxylation is 1. The Balaban J connectivity index is 2.02. The summed E-state index contributed by atoms with van der Waals surface area (Å²) in [5.41, 5.74) is 1.000. The second-order valence-corrected chi connectivity index (χ2v) is 3.04. The molecule has 0 aromatic carbocycles. The molecule has 4 nitrogen and oxygen atoms in total. The van der Waals surface area contributed by atoms with E-state index < -0.39 is 0 Å². The van der Waals surface area contributed by atoms with Gasteiger partial charge in [-0.3, -0.25) is 0 Å².